The van der Waals surface area contributed by atoms with E-state index in [1.807, 2.05) is 0 Å². The normalized spacial score (nSPS) is 19.7. The molecule has 0 radical (unpaired) electrons. The summed E-state index contributed by atoms with van der Waals surface area (Å²) in [5, 5.41) is 9.37. The van der Waals surface area contributed by atoms with Crippen molar-refractivity contribution in [2.45, 2.75) is 29.6 Å². The second-order valence-electron chi connectivity index (χ2n) is 5.77. The van der Waals surface area contributed by atoms with E-state index in [1.165, 1.54) is 0 Å². The van der Waals surface area contributed by atoms with Gasteiger partial charge in [-0.15, -0.1) is 0 Å². The molecule has 1 aliphatic carbocycles. The van der Waals surface area contributed by atoms with E-state index >= 15 is 0 Å². The maximum absolute atomic E-state index is 13.9. The summed E-state index contributed by atoms with van der Waals surface area (Å²) in [6.45, 7) is 0. The van der Waals surface area contributed by atoms with Gasteiger partial charge in [-0.2, -0.15) is 26.3 Å². The van der Waals surface area contributed by atoms with Crippen LogP contribution < -0.4 is 0 Å². The summed E-state index contributed by atoms with van der Waals surface area (Å²) in [6.07, 6.45) is -11.2. The highest BCUT2D eigenvalue weighted by molar-refractivity contribution is 7.90. The topological polar surface area (TPSA) is 54.4 Å². The van der Waals surface area contributed by atoms with E-state index < -0.39 is 73.5 Å². The lowest BCUT2D eigenvalue weighted by molar-refractivity contribution is -0.137. The first-order valence-corrected chi connectivity index (χ1v) is 8.90. The first-order chi connectivity index (χ1) is 12.0. The molecule has 1 aliphatic rings. The standard InChI is InChI=1S/C15H10F8O3S/c1-27(25,26)10-4-6(14(18,19)20)2-3-7(10)8-5-9(24)12(16)13(17)11(8)15(21,22)23/h2-4,8,24H,5H2,1H3. The van der Waals surface area contributed by atoms with Crippen LogP contribution in [0.5, 0.6) is 0 Å². The Bertz CT molecular complexity index is 939. The third-order valence-corrected chi connectivity index (χ3v) is 5.00. The van der Waals surface area contributed by atoms with Gasteiger partial charge in [-0.25, -0.2) is 17.2 Å². The third-order valence-electron chi connectivity index (χ3n) is 3.85. The van der Waals surface area contributed by atoms with Gasteiger partial charge in [0.2, 0.25) is 0 Å². The minimum absolute atomic E-state index is 0.113. The molecule has 1 aromatic rings. The predicted octanol–water partition coefficient (Wildman–Crippen LogP) is 5.12. The zero-order valence-corrected chi connectivity index (χ0v) is 14.0. The number of hydrogen-bond acceptors (Lipinski definition) is 3. The Kier molecular flexibility index (Phi) is 5.10. The number of allylic oxidation sites excluding steroid dienone is 4. The maximum Gasteiger partial charge on any atom is 0.416 e. The van der Waals surface area contributed by atoms with Gasteiger partial charge in [-0.05, 0) is 17.7 Å². The molecule has 0 spiro atoms. The van der Waals surface area contributed by atoms with Crippen LogP contribution in [0.2, 0.25) is 0 Å². The maximum atomic E-state index is 13.9. The van der Waals surface area contributed by atoms with E-state index in [0.717, 1.165) is 0 Å². The van der Waals surface area contributed by atoms with Crippen molar-refractivity contribution in [1.82, 2.24) is 0 Å². The molecule has 150 valence electrons. The summed E-state index contributed by atoms with van der Waals surface area (Å²) in [6, 6.07) is 0.878. The van der Waals surface area contributed by atoms with E-state index in [0.29, 0.717) is 18.4 Å². The van der Waals surface area contributed by atoms with Crippen LogP contribution in [0.25, 0.3) is 0 Å². The van der Waals surface area contributed by atoms with Gasteiger partial charge < -0.3 is 5.11 Å². The fourth-order valence-electron chi connectivity index (χ4n) is 2.69. The lowest BCUT2D eigenvalue weighted by Gasteiger charge is -2.28. The molecule has 0 saturated heterocycles. The van der Waals surface area contributed by atoms with Crippen molar-refractivity contribution in [2.24, 2.45) is 0 Å². The molecule has 0 saturated carbocycles. The van der Waals surface area contributed by atoms with Crippen LogP contribution in [0.1, 0.15) is 23.5 Å². The second kappa shape index (κ2) is 6.50. The number of benzene rings is 1. The van der Waals surface area contributed by atoms with E-state index in [2.05, 4.69) is 0 Å². The Morgan fingerprint density at radius 2 is 1.56 bits per heavy atom. The zero-order valence-electron chi connectivity index (χ0n) is 13.2. The van der Waals surface area contributed by atoms with Gasteiger partial charge in [-0.1, -0.05) is 6.07 Å². The van der Waals surface area contributed by atoms with Gasteiger partial charge in [0.05, 0.1) is 16.0 Å². The van der Waals surface area contributed by atoms with Crippen LogP contribution in [0, 0.1) is 0 Å². The van der Waals surface area contributed by atoms with Gasteiger partial charge in [0, 0.05) is 18.6 Å². The number of alkyl halides is 6. The summed E-state index contributed by atoms with van der Waals surface area (Å²) in [7, 11) is -4.49. The number of hydrogen-bond donors (Lipinski definition) is 1. The summed E-state index contributed by atoms with van der Waals surface area (Å²) in [5.41, 5.74) is -4.42. The van der Waals surface area contributed by atoms with Crippen LogP contribution in [0.3, 0.4) is 0 Å². The van der Waals surface area contributed by atoms with Gasteiger partial charge in [-0.3, -0.25) is 0 Å². The van der Waals surface area contributed by atoms with Crippen molar-refractivity contribution in [2.75, 3.05) is 6.26 Å². The molecule has 0 fully saturated rings. The zero-order chi connectivity index (χ0) is 20.9. The summed E-state index contributed by atoms with van der Waals surface area (Å²) < 4.78 is 129. The minimum atomic E-state index is -5.47. The average Bonchev–Trinajstić information content (AvgIpc) is 2.48. The number of sulfone groups is 1. The van der Waals surface area contributed by atoms with Crippen molar-refractivity contribution >= 4 is 9.84 Å². The fourth-order valence-corrected chi connectivity index (χ4v) is 3.67. The average molecular weight is 422 g/mol. The van der Waals surface area contributed by atoms with E-state index in [9.17, 15) is 48.6 Å². The van der Waals surface area contributed by atoms with E-state index in [-0.39, 0.29) is 6.07 Å². The third kappa shape index (κ3) is 4.09. The molecule has 1 N–H and O–H groups in total. The first kappa shape index (κ1) is 21.2. The van der Waals surface area contributed by atoms with Gasteiger partial charge in [0.1, 0.15) is 5.76 Å². The molecule has 0 bridgehead atoms. The summed E-state index contributed by atoms with van der Waals surface area (Å²) in [5.74, 6) is -8.27. The van der Waals surface area contributed by atoms with Crippen LogP contribution in [-0.2, 0) is 16.0 Å². The molecular weight excluding hydrogens is 412 g/mol. The predicted molar refractivity (Wildman–Crippen MR) is 76.9 cm³/mol. The van der Waals surface area contributed by atoms with Crippen molar-refractivity contribution < 1.29 is 48.6 Å². The fraction of sp³-hybridized carbons (Fsp3) is 0.333. The summed E-state index contributed by atoms with van der Waals surface area (Å²) >= 11 is 0. The molecule has 2 rings (SSSR count). The monoisotopic (exact) mass is 422 g/mol. The largest absolute Gasteiger partial charge is 0.509 e. The van der Waals surface area contributed by atoms with E-state index in [1.54, 1.807) is 0 Å². The molecule has 0 aromatic heterocycles. The SMILES string of the molecule is CS(=O)(=O)c1cc(C(F)(F)F)ccc1C1CC(O)=C(F)C(F)=C1C(F)(F)F. The van der Waals surface area contributed by atoms with Crippen molar-refractivity contribution in [3.05, 3.63) is 52.3 Å². The van der Waals surface area contributed by atoms with Crippen molar-refractivity contribution in [3.8, 4) is 0 Å². The smallest absolute Gasteiger partial charge is 0.416 e. The highest BCUT2D eigenvalue weighted by Gasteiger charge is 2.47. The number of aliphatic hydroxyl groups is 1. The quantitative estimate of drug-likeness (QED) is 0.673. The Morgan fingerprint density at radius 3 is 2.00 bits per heavy atom. The van der Waals surface area contributed by atoms with Gasteiger partial charge in [0.25, 0.3) is 0 Å². The van der Waals surface area contributed by atoms with Gasteiger partial charge >= 0.3 is 12.4 Å². The Hall–Kier alpha value is -2.11. The van der Waals surface area contributed by atoms with E-state index in [4.69, 9.17) is 0 Å². The molecule has 12 heteroatoms. The van der Waals surface area contributed by atoms with Crippen molar-refractivity contribution in [1.29, 1.82) is 0 Å². The molecular formula is C15H10F8O3S. The first-order valence-electron chi connectivity index (χ1n) is 7.01. The molecule has 1 aromatic carbocycles. The number of aliphatic hydroxyl groups excluding tert-OH is 1. The number of rotatable bonds is 2. The molecule has 0 aliphatic heterocycles. The van der Waals surface area contributed by atoms with Crippen LogP contribution in [-0.4, -0.2) is 26.0 Å². The van der Waals surface area contributed by atoms with Crippen molar-refractivity contribution in [3.63, 3.8) is 0 Å². The highest BCUT2D eigenvalue weighted by Crippen LogP contribution is 2.49. The molecule has 27 heavy (non-hydrogen) atoms. The lowest BCUT2D eigenvalue weighted by Crippen LogP contribution is -2.25. The highest BCUT2D eigenvalue weighted by atomic mass is 32.2. The molecule has 0 amide bonds. The van der Waals surface area contributed by atoms with Gasteiger partial charge in [0.15, 0.2) is 21.5 Å². The Labute approximate surface area is 147 Å². The molecule has 1 unspecified atom stereocenters. The number of halogens is 8. The van der Waals surface area contributed by atoms with Crippen LogP contribution >= 0.6 is 0 Å². The molecule has 1 atom stereocenters. The Balaban J connectivity index is 2.81. The van der Waals surface area contributed by atoms with Crippen LogP contribution in [0.15, 0.2) is 46.1 Å². The summed E-state index contributed by atoms with van der Waals surface area (Å²) in [4.78, 5) is -1.13. The minimum Gasteiger partial charge on any atom is -0.509 e. The molecule has 0 heterocycles. The van der Waals surface area contributed by atoms with Crippen LogP contribution in [0.4, 0.5) is 35.1 Å². The second-order valence-corrected chi connectivity index (χ2v) is 7.75. The lowest BCUT2D eigenvalue weighted by atomic mass is 9.83. The Morgan fingerprint density at radius 1 is 1.00 bits per heavy atom. The molecule has 3 nitrogen and oxygen atoms in total.